The van der Waals surface area contributed by atoms with E-state index in [0.29, 0.717) is 0 Å². The molecule has 16 heavy (non-hydrogen) atoms. The summed E-state index contributed by atoms with van der Waals surface area (Å²) in [6.45, 7) is 4.76. The number of H-pyrrole nitrogens is 1. The van der Waals surface area contributed by atoms with Gasteiger partial charge in [0.15, 0.2) is 0 Å². The molecular formula is C13H16N2O. The number of ether oxygens (including phenoxy) is 1. The predicted octanol–water partition coefficient (Wildman–Crippen LogP) is 2.21. The van der Waals surface area contributed by atoms with Gasteiger partial charge < -0.3 is 15.0 Å². The van der Waals surface area contributed by atoms with Crippen LogP contribution in [0.15, 0.2) is 18.2 Å². The monoisotopic (exact) mass is 216 g/mol. The summed E-state index contributed by atoms with van der Waals surface area (Å²) in [7, 11) is 0. The second-order valence-corrected chi connectivity index (χ2v) is 4.15. The van der Waals surface area contributed by atoms with Gasteiger partial charge in [-0.1, -0.05) is 0 Å². The molecule has 0 aliphatic carbocycles. The van der Waals surface area contributed by atoms with Crippen LogP contribution in [0.5, 0.6) is 5.75 Å². The van der Waals surface area contributed by atoms with Crippen molar-refractivity contribution in [3.63, 3.8) is 0 Å². The molecule has 0 fully saturated rings. The highest BCUT2D eigenvalue weighted by Crippen LogP contribution is 2.28. The molecule has 0 radical (unpaired) electrons. The third kappa shape index (κ3) is 1.48. The quantitative estimate of drug-likeness (QED) is 0.807. The predicted molar refractivity (Wildman–Crippen MR) is 64.9 cm³/mol. The number of nitrogens with one attached hydrogen (secondary N) is 2. The van der Waals surface area contributed by atoms with Crippen LogP contribution in [-0.2, 0) is 13.0 Å². The number of aromatic amines is 1. The van der Waals surface area contributed by atoms with Crippen molar-refractivity contribution in [3.8, 4) is 5.75 Å². The van der Waals surface area contributed by atoms with Crippen molar-refractivity contribution in [1.29, 1.82) is 0 Å². The van der Waals surface area contributed by atoms with Gasteiger partial charge in [-0.15, -0.1) is 0 Å². The summed E-state index contributed by atoms with van der Waals surface area (Å²) in [6, 6.07) is 6.29. The molecule has 3 nitrogen and oxygen atoms in total. The van der Waals surface area contributed by atoms with E-state index < -0.39 is 0 Å². The summed E-state index contributed by atoms with van der Waals surface area (Å²) in [5, 5.41) is 4.70. The fraction of sp³-hybridized carbons (Fsp3) is 0.385. The van der Waals surface area contributed by atoms with Crippen LogP contribution in [-0.4, -0.2) is 18.1 Å². The van der Waals surface area contributed by atoms with E-state index in [-0.39, 0.29) is 0 Å². The van der Waals surface area contributed by atoms with Crippen molar-refractivity contribution in [2.75, 3.05) is 13.2 Å². The molecule has 2 N–H and O–H groups in total. The molecule has 3 rings (SSSR count). The van der Waals surface area contributed by atoms with E-state index in [2.05, 4.69) is 22.4 Å². The number of aromatic nitrogens is 1. The number of hydrogen-bond donors (Lipinski definition) is 2. The summed E-state index contributed by atoms with van der Waals surface area (Å²) >= 11 is 0. The summed E-state index contributed by atoms with van der Waals surface area (Å²) in [4.78, 5) is 3.47. The lowest BCUT2D eigenvalue weighted by atomic mass is 10.0. The molecule has 1 aliphatic heterocycles. The number of fused-ring (bicyclic) bond motifs is 3. The lowest BCUT2D eigenvalue weighted by Crippen LogP contribution is -2.22. The van der Waals surface area contributed by atoms with Crippen molar-refractivity contribution < 1.29 is 4.74 Å². The van der Waals surface area contributed by atoms with Crippen LogP contribution >= 0.6 is 0 Å². The van der Waals surface area contributed by atoms with Crippen molar-refractivity contribution in [3.05, 3.63) is 29.5 Å². The van der Waals surface area contributed by atoms with E-state index in [0.717, 1.165) is 31.9 Å². The zero-order valence-corrected chi connectivity index (χ0v) is 9.47. The minimum atomic E-state index is 0.722. The third-order valence-corrected chi connectivity index (χ3v) is 3.13. The summed E-state index contributed by atoms with van der Waals surface area (Å²) < 4.78 is 5.54. The molecule has 1 aromatic heterocycles. The zero-order valence-electron chi connectivity index (χ0n) is 9.47. The Morgan fingerprint density at radius 3 is 3.19 bits per heavy atom. The fourth-order valence-electron chi connectivity index (χ4n) is 2.40. The molecule has 0 amide bonds. The largest absolute Gasteiger partial charge is 0.494 e. The first-order valence-corrected chi connectivity index (χ1v) is 5.85. The molecule has 0 unspecified atom stereocenters. The summed E-state index contributed by atoms with van der Waals surface area (Å²) in [5.41, 5.74) is 4.00. The lowest BCUT2D eigenvalue weighted by Gasteiger charge is -2.12. The lowest BCUT2D eigenvalue weighted by molar-refractivity contribution is 0.340. The molecule has 84 valence electrons. The molecule has 0 bridgehead atoms. The normalized spacial score (nSPS) is 15.1. The molecule has 2 aromatic rings. The van der Waals surface area contributed by atoms with Gasteiger partial charge in [0, 0.05) is 23.1 Å². The van der Waals surface area contributed by atoms with Crippen molar-refractivity contribution >= 4 is 10.9 Å². The maximum absolute atomic E-state index is 5.54. The molecule has 1 aliphatic rings. The number of rotatable bonds is 2. The van der Waals surface area contributed by atoms with Gasteiger partial charge in [0.05, 0.1) is 6.61 Å². The summed E-state index contributed by atoms with van der Waals surface area (Å²) in [5.74, 6) is 0.968. The van der Waals surface area contributed by atoms with Gasteiger partial charge in [0.1, 0.15) is 5.75 Å². The third-order valence-electron chi connectivity index (χ3n) is 3.13. The van der Waals surface area contributed by atoms with Gasteiger partial charge in [-0.2, -0.15) is 0 Å². The van der Waals surface area contributed by atoms with E-state index in [4.69, 9.17) is 4.74 Å². The Kier molecular flexibility index (Phi) is 2.33. The molecular weight excluding hydrogens is 200 g/mol. The first-order valence-electron chi connectivity index (χ1n) is 5.85. The smallest absolute Gasteiger partial charge is 0.120 e. The Hall–Kier alpha value is -1.48. The maximum atomic E-state index is 5.54. The van der Waals surface area contributed by atoms with E-state index in [1.807, 2.05) is 13.0 Å². The first kappa shape index (κ1) is 9.73. The minimum Gasteiger partial charge on any atom is -0.494 e. The molecule has 0 saturated carbocycles. The Labute approximate surface area is 94.8 Å². The van der Waals surface area contributed by atoms with Gasteiger partial charge in [-0.05, 0) is 43.7 Å². The van der Waals surface area contributed by atoms with Crippen molar-refractivity contribution in [1.82, 2.24) is 10.3 Å². The molecule has 2 heterocycles. The average molecular weight is 216 g/mol. The molecule has 0 atom stereocenters. The average Bonchev–Trinajstić information content (AvgIpc) is 2.68. The zero-order chi connectivity index (χ0) is 11.0. The van der Waals surface area contributed by atoms with Crippen LogP contribution in [0.25, 0.3) is 10.9 Å². The molecule has 0 spiro atoms. The molecule has 3 heteroatoms. The van der Waals surface area contributed by atoms with E-state index >= 15 is 0 Å². The molecule has 1 aromatic carbocycles. The van der Waals surface area contributed by atoms with Crippen molar-refractivity contribution in [2.24, 2.45) is 0 Å². The summed E-state index contributed by atoms with van der Waals surface area (Å²) in [6.07, 6.45) is 1.10. The number of hydrogen-bond acceptors (Lipinski definition) is 2. The topological polar surface area (TPSA) is 37.0 Å². The highest BCUT2D eigenvalue weighted by molar-refractivity contribution is 5.86. The Balaban J connectivity index is 2.13. The van der Waals surface area contributed by atoms with Gasteiger partial charge in [-0.25, -0.2) is 0 Å². The van der Waals surface area contributed by atoms with Crippen LogP contribution in [0.4, 0.5) is 0 Å². The van der Waals surface area contributed by atoms with E-state index in [1.165, 1.54) is 22.2 Å². The highest BCUT2D eigenvalue weighted by Gasteiger charge is 2.14. The van der Waals surface area contributed by atoms with Crippen LogP contribution in [0.2, 0.25) is 0 Å². The second-order valence-electron chi connectivity index (χ2n) is 4.15. The Morgan fingerprint density at radius 2 is 2.31 bits per heavy atom. The maximum Gasteiger partial charge on any atom is 0.120 e. The minimum absolute atomic E-state index is 0.722. The number of benzene rings is 1. The second kappa shape index (κ2) is 3.83. The van der Waals surface area contributed by atoms with Gasteiger partial charge in [-0.3, -0.25) is 0 Å². The fourth-order valence-corrected chi connectivity index (χ4v) is 2.40. The molecule has 0 saturated heterocycles. The Bertz CT molecular complexity index is 516. The van der Waals surface area contributed by atoms with Crippen LogP contribution in [0, 0.1) is 0 Å². The van der Waals surface area contributed by atoms with E-state index in [1.54, 1.807) is 0 Å². The SMILES string of the molecule is CCOc1ccc2[nH]c3c(c2c1)CCNC3. The Morgan fingerprint density at radius 1 is 1.38 bits per heavy atom. The van der Waals surface area contributed by atoms with E-state index in [9.17, 15) is 0 Å². The first-order chi connectivity index (χ1) is 7.88. The van der Waals surface area contributed by atoms with Gasteiger partial charge >= 0.3 is 0 Å². The van der Waals surface area contributed by atoms with Gasteiger partial charge in [0.2, 0.25) is 0 Å². The highest BCUT2D eigenvalue weighted by atomic mass is 16.5. The van der Waals surface area contributed by atoms with Crippen molar-refractivity contribution in [2.45, 2.75) is 19.9 Å². The van der Waals surface area contributed by atoms with Crippen LogP contribution < -0.4 is 10.1 Å². The van der Waals surface area contributed by atoms with Gasteiger partial charge in [0.25, 0.3) is 0 Å². The van der Waals surface area contributed by atoms with Crippen LogP contribution in [0.1, 0.15) is 18.2 Å². The van der Waals surface area contributed by atoms with Crippen LogP contribution in [0.3, 0.4) is 0 Å². The standard InChI is InChI=1S/C13H16N2O/c1-2-16-9-3-4-12-11(7-9)10-5-6-14-8-13(10)15-12/h3-4,7,14-15H,2,5-6,8H2,1H3.